The van der Waals surface area contributed by atoms with Gasteiger partial charge in [0.1, 0.15) is 6.04 Å². The molecule has 5 nitrogen and oxygen atoms in total. The number of alkyl halides is 1. The Hall–Kier alpha value is -1.47. The first-order valence-corrected chi connectivity index (χ1v) is 7.92. The van der Waals surface area contributed by atoms with Gasteiger partial charge in [0, 0.05) is 0 Å². The van der Waals surface area contributed by atoms with E-state index in [4.69, 9.17) is 5.11 Å². The standard InChI is InChI=1S/C13H18FNO4S/c14-8-4-5-9-20(18,19)15-12(13(16)17)10-11-6-2-1-3-7-11/h1-3,6-7,12,15H,4-5,8-10H2,(H,16,17)/t12-/m0/s1. The second-order valence-corrected chi connectivity index (χ2v) is 6.29. The van der Waals surface area contributed by atoms with Gasteiger partial charge in [-0.3, -0.25) is 9.18 Å². The number of carboxylic acid groups (broad SMARTS) is 1. The van der Waals surface area contributed by atoms with Gasteiger partial charge < -0.3 is 5.11 Å². The van der Waals surface area contributed by atoms with E-state index >= 15 is 0 Å². The van der Waals surface area contributed by atoms with Gasteiger partial charge >= 0.3 is 5.97 Å². The second kappa shape index (κ2) is 7.96. The third-order valence-electron chi connectivity index (χ3n) is 2.70. The normalized spacial score (nSPS) is 13.1. The third kappa shape index (κ3) is 6.12. The molecule has 0 unspecified atom stereocenters. The van der Waals surface area contributed by atoms with Crippen LogP contribution in [0.5, 0.6) is 0 Å². The van der Waals surface area contributed by atoms with Crippen molar-refractivity contribution in [1.29, 1.82) is 0 Å². The largest absolute Gasteiger partial charge is 0.480 e. The maximum Gasteiger partial charge on any atom is 0.322 e. The summed E-state index contributed by atoms with van der Waals surface area (Å²) >= 11 is 0. The highest BCUT2D eigenvalue weighted by Crippen LogP contribution is 2.05. The molecule has 1 atom stereocenters. The summed E-state index contributed by atoms with van der Waals surface area (Å²) in [7, 11) is -3.72. The van der Waals surface area contributed by atoms with Crippen molar-refractivity contribution in [2.24, 2.45) is 0 Å². The summed E-state index contributed by atoms with van der Waals surface area (Å²) in [6.45, 7) is -0.581. The van der Waals surface area contributed by atoms with E-state index in [0.717, 1.165) is 5.56 Å². The first-order chi connectivity index (χ1) is 9.44. The highest BCUT2D eigenvalue weighted by atomic mass is 32.2. The van der Waals surface area contributed by atoms with Crippen molar-refractivity contribution in [3.8, 4) is 0 Å². The lowest BCUT2D eigenvalue weighted by molar-refractivity contribution is -0.138. The van der Waals surface area contributed by atoms with Crippen LogP contribution in [0.2, 0.25) is 0 Å². The zero-order valence-corrected chi connectivity index (χ0v) is 11.8. The van der Waals surface area contributed by atoms with Crippen LogP contribution in [-0.4, -0.2) is 38.0 Å². The van der Waals surface area contributed by atoms with Crippen LogP contribution in [0.1, 0.15) is 18.4 Å². The highest BCUT2D eigenvalue weighted by Gasteiger charge is 2.23. The zero-order valence-electron chi connectivity index (χ0n) is 11.0. The van der Waals surface area contributed by atoms with Gasteiger partial charge in [-0.2, -0.15) is 0 Å². The average molecular weight is 303 g/mol. The number of halogens is 1. The monoisotopic (exact) mass is 303 g/mol. The van der Waals surface area contributed by atoms with E-state index in [1.54, 1.807) is 30.3 Å². The molecule has 0 aliphatic carbocycles. The number of unbranched alkanes of at least 4 members (excludes halogenated alkanes) is 1. The maximum atomic E-state index is 11.9. The van der Waals surface area contributed by atoms with Crippen molar-refractivity contribution >= 4 is 16.0 Å². The molecule has 0 saturated heterocycles. The minimum absolute atomic E-state index is 0.0680. The molecule has 112 valence electrons. The minimum Gasteiger partial charge on any atom is -0.480 e. The molecule has 0 aliphatic heterocycles. The topological polar surface area (TPSA) is 83.5 Å². The van der Waals surface area contributed by atoms with E-state index in [2.05, 4.69) is 4.72 Å². The third-order valence-corrected chi connectivity index (χ3v) is 4.17. The fraction of sp³-hybridized carbons (Fsp3) is 0.462. The second-order valence-electron chi connectivity index (χ2n) is 4.41. The SMILES string of the molecule is O=C(O)[C@H](Cc1ccccc1)NS(=O)(=O)CCCCF. The molecular formula is C13H18FNO4S. The van der Waals surface area contributed by atoms with Crippen molar-refractivity contribution in [3.63, 3.8) is 0 Å². The fourth-order valence-electron chi connectivity index (χ4n) is 1.69. The molecule has 0 saturated carbocycles. The number of rotatable bonds is 9. The molecule has 0 amide bonds. The first kappa shape index (κ1) is 16.6. The van der Waals surface area contributed by atoms with Gasteiger partial charge in [0.25, 0.3) is 0 Å². The Morgan fingerprint density at radius 3 is 2.45 bits per heavy atom. The molecule has 0 fully saturated rings. The summed E-state index contributed by atoms with van der Waals surface area (Å²) in [5.74, 6) is -1.50. The molecule has 7 heteroatoms. The van der Waals surface area contributed by atoms with Gasteiger partial charge in [0.05, 0.1) is 12.4 Å². The van der Waals surface area contributed by atoms with Crippen LogP contribution in [0, 0.1) is 0 Å². The van der Waals surface area contributed by atoms with Gasteiger partial charge in [-0.1, -0.05) is 30.3 Å². The van der Waals surface area contributed by atoms with Crippen LogP contribution in [0.4, 0.5) is 4.39 Å². The molecule has 0 radical (unpaired) electrons. The fourth-order valence-corrected chi connectivity index (χ4v) is 3.01. The molecule has 0 aliphatic rings. The lowest BCUT2D eigenvalue weighted by Gasteiger charge is -2.14. The molecule has 1 rings (SSSR count). The highest BCUT2D eigenvalue weighted by molar-refractivity contribution is 7.89. The van der Waals surface area contributed by atoms with Crippen molar-refractivity contribution in [2.75, 3.05) is 12.4 Å². The number of sulfonamides is 1. The Kier molecular flexibility index (Phi) is 6.60. The van der Waals surface area contributed by atoms with Gasteiger partial charge in [0.15, 0.2) is 0 Å². The van der Waals surface area contributed by atoms with E-state index in [9.17, 15) is 17.6 Å². The number of nitrogens with one attached hydrogen (secondary N) is 1. The van der Waals surface area contributed by atoms with E-state index in [0.29, 0.717) is 0 Å². The van der Waals surface area contributed by atoms with Crippen LogP contribution in [0.3, 0.4) is 0 Å². The number of benzene rings is 1. The Morgan fingerprint density at radius 2 is 1.90 bits per heavy atom. The molecule has 0 spiro atoms. The lowest BCUT2D eigenvalue weighted by Crippen LogP contribution is -2.43. The van der Waals surface area contributed by atoms with Crippen molar-refractivity contribution in [1.82, 2.24) is 4.72 Å². The van der Waals surface area contributed by atoms with Gasteiger partial charge in [-0.15, -0.1) is 0 Å². The summed E-state index contributed by atoms with van der Waals surface area (Å²) in [6, 6.07) is 7.54. The molecule has 0 bridgehead atoms. The van der Waals surface area contributed by atoms with Crippen LogP contribution in [0.15, 0.2) is 30.3 Å². The van der Waals surface area contributed by atoms with Crippen LogP contribution < -0.4 is 4.72 Å². The predicted octanol–water partition coefficient (Wildman–Crippen LogP) is 1.35. The Bertz CT molecular complexity index is 518. The van der Waals surface area contributed by atoms with Crippen molar-refractivity contribution < 1.29 is 22.7 Å². The molecule has 1 aromatic rings. The first-order valence-electron chi connectivity index (χ1n) is 6.27. The quantitative estimate of drug-likeness (QED) is 0.675. The van der Waals surface area contributed by atoms with Gasteiger partial charge in [0.2, 0.25) is 10.0 Å². The number of hydrogen-bond acceptors (Lipinski definition) is 3. The molecule has 2 N–H and O–H groups in total. The summed E-state index contributed by atoms with van der Waals surface area (Å²) < 4.78 is 37.5. The Morgan fingerprint density at radius 1 is 1.25 bits per heavy atom. The smallest absolute Gasteiger partial charge is 0.322 e. The van der Waals surface area contributed by atoms with Gasteiger partial charge in [-0.25, -0.2) is 13.1 Å². The van der Waals surface area contributed by atoms with E-state index in [1.165, 1.54) is 0 Å². The summed E-state index contributed by atoms with van der Waals surface area (Å²) in [5, 5.41) is 9.08. The average Bonchev–Trinajstić information content (AvgIpc) is 2.39. The number of carboxylic acids is 1. The zero-order chi connectivity index (χ0) is 15.0. The predicted molar refractivity (Wildman–Crippen MR) is 73.7 cm³/mol. The van der Waals surface area contributed by atoms with Crippen molar-refractivity contribution in [3.05, 3.63) is 35.9 Å². The maximum absolute atomic E-state index is 11.9. The summed E-state index contributed by atoms with van der Waals surface area (Å²) in [6.07, 6.45) is 0.388. The molecule has 1 aromatic carbocycles. The Balaban J connectivity index is 2.65. The number of hydrogen-bond donors (Lipinski definition) is 2. The molecular weight excluding hydrogens is 285 g/mol. The Labute approximate surface area is 117 Å². The number of aliphatic carboxylic acids is 1. The molecule has 0 heterocycles. The van der Waals surface area contributed by atoms with E-state index in [-0.39, 0.29) is 25.0 Å². The minimum atomic E-state index is -3.72. The van der Waals surface area contributed by atoms with Crippen LogP contribution in [0.25, 0.3) is 0 Å². The number of carbonyl (C=O) groups is 1. The van der Waals surface area contributed by atoms with Crippen LogP contribution in [-0.2, 0) is 21.2 Å². The van der Waals surface area contributed by atoms with E-state index in [1.807, 2.05) is 0 Å². The molecule has 0 aromatic heterocycles. The summed E-state index contributed by atoms with van der Waals surface area (Å²) in [5.41, 5.74) is 0.728. The van der Waals surface area contributed by atoms with E-state index < -0.39 is 28.7 Å². The summed E-state index contributed by atoms with van der Waals surface area (Å²) in [4.78, 5) is 11.1. The van der Waals surface area contributed by atoms with Crippen LogP contribution >= 0.6 is 0 Å². The lowest BCUT2D eigenvalue weighted by atomic mass is 10.1. The van der Waals surface area contributed by atoms with Gasteiger partial charge in [-0.05, 0) is 24.8 Å². The molecule has 20 heavy (non-hydrogen) atoms. The van der Waals surface area contributed by atoms with Crippen molar-refractivity contribution in [2.45, 2.75) is 25.3 Å².